The van der Waals surface area contributed by atoms with Crippen molar-refractivity contribution in [2.75, 3.05) is 0 Å². The number of nitrogens with zero attached hydrogens (tertiary/aromatic N) is 2. The lowest BCUT2D eigenvalue weighted by Gasteiger charge is -2.01. The zero-order chi connectivity index (χ0) is 9.84. The first kappa shape index (κ1) is 10.6. The van der Waals surface area contributed by atoms with Crippen molar-refractivity contribution in [1.82, 2.24) is 9.78 Å². The number of aryl methyl sites for hydroxylation is 3. The summed E-state index contributed by atoms with van der Waals surface area (Å²) in [5, 5.41) is 4.64. The molecule has 1 atom stereocenters. The first-order valence-corrected chi connectivity index (χ1v) is 5.22. The van der Waals surface area contributed by atoms with Crippen molar-refractivity contribution in [3.63, 3.8) is 0 Å². The fourth-order valence-corrected chi connectivity index (χ4v) is 1.55. The maximum absolute atomic E-state index is 5.90. The molecule has 13 heavy (non-hydrogen) atoms. The molecule has 0 aliphatic heterocycles. The molecule has 2 nitrogen and oxygen atoms in total. The molecule has 0 saturated heterocycles. The molecule has 0 N–H and O–H groups in total. The summed E-state index contributed by atoms with van der Waals surface area (Å²) in [6.45, 7) is 4.17. The van der Waals surface area contributed by atoms with E-state index >= 15 is 0 Å². The Balaban J connectivity index is 2.64. The Kier molecular flexibility index (Phi) is 3.79. The lowest BCUT2D eigenvalue weighted by molar-refractivity contribution is 0.746. The molecule has 0 saturated carbocycles. The SMILES string of the molecule is CCc1nn(C)cc1CCC(C)Cl. The van der Waals surface area contributed by atoms with Crippen molar-refractivity contribution in [3.05, 3.63) is 17.5 Å². The first-order valence-electron chi connectivity index (χ1n) is 4.79. The van der Waals surface area contributed by atoms with Gasteiger partial charge in [-0.1, -0.05) is 6.92 Å². The predicted octanol–water partition coefficient (Wildman–Crippen LogP) is 2.54. The van der Waals surface area contributed by atoms with Crippen LogP contribution in [-0.4, -0.2) is 15.2 Å². The van der Waals surface area contributed by atoms with E-state index in [1.165, 1.54) is 11.3 Å². The second-order valence-corrected chi connectivity index (χ2v) is 4.19. The molecule has 1 rings (SSSR count). The standard InChI is InChI=1S/C10H17ClN2/c1-4-10-9(6-5-8(2)11)7-13(3)12-10/h7-8H,4-6H2,1-3H3. The van der Waals surface area contributed by atoms with Gasteiger partial charge in [0.2, 0.25) is 0 Å². The minimum absolute atomic E-state index is 0.255. The molecule has 0 fully saturated rings. The van der Waals surface area contributed by atoms with Gasteiger partial charge in [-0.05, 0) is 31.7 Å². The molecule has 1 aromatic rings. The number of aromatic nitrogens is 2. The van der Waals surface area contributed by atoms with Crippen molar-refractivity contribution < 1.29 is 0 Å². The predicted molar refractivity (Wildman–Crippen MR) is 56.2 cm³/mol. The minimum Gasteiger partial charge on any atom is -0.275 e. The van der Waals surface area contributed by atoms with Crippen LogP contribution in [-0.2, 0) is 19.9 Å². The normalized spacial score (nSPS) is 13.2. The molecule has 0 bridgehead atoms. The van der Waals surface area contributed by atoms with Gasteiger partial charge in [-0.25, -0.2) is 0 Å². The van der Waals surface area contributed by atoms with E-state index in [-0.39, 0.29) is 5.38 Å². The molecule has 0 amide bonds. The van der Waals surface area contributed by atoms with Gasteiger partial charge in [0.1, 0.15) is 0 Å². The molecule has 0 aliphatic rings. The van der Waals surface area contributed by atoms with E-state index in [1.807, 2.05) is 18.7 Å². The molecule has 0 radical (unpaired) electrons. The summed E-state index contributed by atoms with van der Waals surface area (Å²) in [7, 11) is 1.97. The van der Waals surface area contributed by atoms with Crippen LogP contribution in [0.4, 0.5) is 0 Å². The van der Waals surface area contributed by atoms with Crippen LogP contribution in [0.1, 0.15) is 31.5 Å². The summed E-state index contributed by atoms with van der Waals surface area (Å²) >= 11 is 5.90. The maximum Gasteiger partial charge on any atom is 0.0653 e. The van der Waals surface area contributed by atoms with Crippen LogP contribution in [0.25, 0.3) is 0 Å². The van der Waals surface area contributed by atoms with Crippen LogP contribution >= 0.6 is 11.6 Å². The smallest absolute Gasteiger partial charge is 0.0653 e. The summed E-state index contributed by atoms with van der Waals surface area (Å²) in [5.74, 6) is 0. The maximum atomic E-state index is 5.90. The van der Waals surface area contributed by atoms with Crippen molar-refractivity contribution in [2.45, 2.75) is 38.5 Å². The Labute approximate surface area is 84.9 Å². The number of hydrogen-bond donors (Lipinski definition) is 0. The van der Waals surface area contributed by atoms with Gasteiger partial charge >= 0.3 is 0 Å². The molecule has 0 aromatic carbocycles. The Hall–Kier alpha value is -0.500. The average Bonchev–Trinajstić information content (AvgIpc) is 2.42. The highest BCUT2D eigenvalue weighted by atomic mass is 35.5. The molecule has 1 unspecified atom stereocenters. The highest BCUT2D eigenvalue weighted by Gasteiger charge is 2.06. The zero-order valence-corrected chi connectivity index (χ0v) is 9.30. The summed E-state index contributed by atoms with van der Waals surface area (Å²) in [6, 6.07) is 0. The second-order valence-electron chi connectivity index (χ2n) is 3.45. The van der Waals surface area contributed by atoms with Crippen molar-refractivity contribution >= 4 is 11.6 Å². The molecule has 0 aliphatic carbocycles. The van der Waals surface area contributed by atoms with E-state index in [0.29, 0.717) is 0 Å². The Morgan fingerprint density at radius 1 is 1.62 bits per heavy atom. The van der Waals surface area contributed by atoms with E-state index in [4.69, 9.17) is 11.6 Å². The molecule has 1 heterocycles. The van der Waals surface area contributed by atoms with Crippen molar-refractivity contribution in [3.8, 4) is 0 Å². The van der Waals surface area contributed by atoms with Gasteiger partial charge in [-0.15, -0.1) is 11.6 Å². The van der Waals surface area contributed by atoms with Gasteiger partial charge in [0.05, 0.1) is 5.69 Å². The summed E-state index contributed by atoms with van der Waals surface area (Å²) in [6.07, 6.45) is 5.17. The van der Waals surface area contributed by atoms with E-state index in [1.54, 1.807) is 0 Å². The van der Waals surface area contributed by atoms with Crippen LogP contribution in [0.15, 0.2) is 6.20 Å². The fourth-order valence-electron chi connectivity index (χ4n) is 1.44. The third kappa shape index (κ3) is 3.03. The summed E-state index contributed by atoms with van der Waals surface area (Å²) < 4.78 is 1.88. The lowest BCUT2D eigenvalue weighted by Crippen LogP contribution is -1.96. The average molecular weight is 201 g/mol. The third-order valence-electron chi connectivity index (χ3n) is 2.14. The van der Waals surface area contributed by atoms with Gasteiger partial charge in [0.15, 0.2) is 0 Å². The van der Waals surface area contributed by atoms with E-state index in [9.17, 15) is 0 Å². The third-order valence-corrected chi connectivity index (χ3v) is 2.36. The Morgan fingerprint density at radius 3 is 2.85 bits per heavy atom. The van der Waals surface area contributed by atoms with Crippen molar-refractivity contribution in [2.24, 2.45) is 7.05 Å². The van der Waals surface area contributed by atoms with Gasteiger partial charge in [0, 0.05) is 18.6 Å². The molecule has 0 spiro atoms. The number of alkyl halides is 1. The Morgan fingerprint density at radius 2 is 2.31 bits per heavy atom. The summed E-state index contributed by atoms with van der Waals surface area (Å²) in [5.41, 5.74) is 2.55. The largest absolute Gasteiger partial charge is 0.275 e. The molecular formula is C10H17ClN2. The van der Waals surface area contributed by atoms with E-state index < -0.39 is 0 Å². The highest BCUT2D eigenvalue weighted by molar-refractivity contribution is 6.20. The second kappa shape index (κ2) is 4.66. The zero-order valence-electron chi connectivity index (χ0n) is 8.55. The van der Waals surface area contributed by atoms with Crippen LogP contribution in [0, 0.1) is 0 Å². The number of rotatable bonds is 4. The van der Waals surface area contributed by atoms with Crippen LogP contribution in [0.2, 0.25) is 0 Å². The van der Waals surface area contributed by atoms with Crippen LogP contribution in [0.3, 0.4) is 0 Å². The highest BCUT2D eigenvalue weighted by Crippen LogP contribution is 2.12. The summed E-state index contributed by atoms with van der Waals surface area (Å²) in [4.78, 5) is 0. The van der Waals surface area contributed by atoms with Crippen LogP contribution in [0.5, 0.6) is 0 Å². The van der Waals surface area contributed by atoms with E-state index in [2.05, 4.69) is 18.2 Å². The van der Waals surface area contributed by atoms with Crippen LogP contribution < -0.4 is 0 Å². The topological polar surface area (TPSA) is 17.8 Å². The van der Waals surface area contributed by atoms with Crippen molar-refractivity contribution in [1.29, 1.82) is 0 Å². The molecule has 3 heteroatoms. The minimum atomic E-state index is 0.255. The van der Waals surface area contributed by atoms with Gasteiger partial charge < -0.3 is 0 Å². The van der Waals surface area contributed by atoms with E-state index in [0.717, 1.165) is 19.3 Å². The first-order chi connectivity index (χ1) is 6.13. The van der Waals surface area contributed by atoms with Gasteiger partial charge in [-0.2, -0.15) is 5.10 Å². The van der Waals surface area contributed by atoms with Gasteiger partial charge in [-0.3, -0.25) is 4.68 Å². The Bertz CT molecular complexity index is 266. The lowest BCUT2D eigenvalue weighted by atomic mass is 10.1. The monoisotopic (exact) mass is 200 g/mol. The number of halogens is 1. The quantitative estimate of drug-likeness (QED) is 0.684. The molecule has 1 aromatic heterocycles. The number of hydrogen-bond acceptors (Lipinski definition) is 1. The molecule has 74 valence electrons. The molecular weight excluding hydrogens is 184 g/mol. The van der Waals surface area contributed by atoms with Gasteiger partial charge in [0.25, 0.3) is 0 Å². The fraction of sp³-hybridized carbons (Fsp3) is 0.700.